The summed E-state index contributed by atoms with van der Waals surface area (Å²) in [4.78, 5) is 17.3. The quantitative estimate of drug-likeness (QED) is 0.245. The molecule has 0 spiro atoms. The van der Waals surface area contributed by atoms with Crippen molar-refractivity contribution >= 4 is 27.6 Å². The molecule has 0 atom stereocenters. The van der Waals surface area contributed by atoms with E-state index in [4.69, 9.17) is 18.9 Å². The van der Waals surface area contributed by atoms with Gasteiger partial charge in [-0.15, -0.1) is 11.8 Å². The van der Waals surface area contributed by atoms with E-state index in [0.717, 1.165) is 11.3 Å². The highest BCUT2D eigenvalue weighted by atomic mass is 32.2. The fraction of sp³-hybridized carbons (Fsp3) is 0.364. The molecule has 35 heavy (non-hydrogen) atoms. The van der Waals surface area contributed by atoms with Crippen LogP contribution in [0.15, 0.2) is 47.9 Å². The molecule has 0 saturated carbocycles. The second-order valence-electron chi connectivity index (χ2n) is 7.01. The first-order chi connectivity index (χ1) is 16.9. The highest BCUT2D eigenvalue weighted by molar-refractivity contribution is 7.98. The van der Waals surface area contributed by atoms with Crippen molar-refractivity contribution in [3.63, 3.8) is 0 Å². The zero-order chi connectivity index (χ0) is 25.1. The van der Waals surface area contributed by atoms with E-state index in [2.05, 4.69) is 24.7 Å². The zero-order valence-corrected chi connectivity index (χ0v) is 21.3. The lowest BCUT2D eigenvalue weighted by atomic mass is 10.3. The largest absolute Gasteiger partial charge is 0.497 e. The Labute approximate surface area is 208 Å². The van der Waals surface area contributed by atoms with E-state index < -0.39 is 10.0 Å². The minimum atomic E-state index is -3.65. The number of nitrogens with one attached hydrogen (secondary N) is 1. The summed E-state index contributed by atoms with van der Waals surface area (Å²) in [6.07, 6.45) is 7.68. The number of hydrogen-bond donors (Lipinski definition) is 1. The maximum Gasteiger partial charge on any atom is 0.316 e. The van der Waals surface area contributed by atoms with Gasteiger partial charge in [-0.1, -0.05) is 19.4 Å². The van der Waals surface area contributed by atoms with Crippen LogP contribution in [0, 0.1) is 0 Å². The molecule has 1 N–H and O–H groups in total. The number of rotatable bonds is 14. The van der Waals surface area contributed by atoms with Gasteiger partial charge in [-0.25, -0.2) is 23.4 Å². The van der Waals surface area contributed by atoms with Gasteiger partial charge in [0.2, 0.25) is 15.8 Å². The van der Waals surface area contributed by atoms with Crippen LogP contribution in [0.4, 0.5) is 5.82 Å². The molecule has 0 amide bonds. The summed E-state index contributed by atoms with van der Waals surface area (Å²) >= 11 is 1.53. The van der Waals surface area contributed by atoms with Crippen molar-refractivity contribution < 1.29 is 27.4 Å². The molecule has 11 nitrogen and oxygen atoms in total. The fourth-order valence-corrected chi connectivity index (χ4v) is 4.22. The van der Waals surface area contributed by atoms with Crippen LogP contribution in [0.1, 0.15) is 19.8 Å². The fourth-order valence-electron chi connectivity index (χ4n) is 2.70. The summed E-state index contributed by atoms with van der Waals surface area (Å²) in [6.45, 7) is 2.10. The Morgan fingerprint density at radius 2 is 1.77 bits per heavy atom. The Hall–Kier alpha value is -3.32. The average molecular weight is 522 g/mol. The standard InChI is InChI=1S/C22H27N5O6S2/c1-4-5-11-35(28,29)27-20-19(33-17-8-6-7-16(12-17)30-2)21(26-15-25-20)31-9-10-32-22-23-13-18(34-3)14-24-22/h6-8,12-15H,4-5,9-11H2,1-3H3,(H,25,26,27). The third kappa shape index (κ3) is 8.14. The highest BCUT2D eigenvalue weighted by Crippen LogP contribution is 2.37. The predicted octanol–water partition coefficient (Wildman–Crippen LogP) is 3.79. The van der Waals surface area contributed by atoms with Crippen molar-refractivity contribution in [3.8, 4) is 29.1 Å². The number of methoxy groups -OCH3 is 1. The van der Waals surface area contributed by atoms with E-state index in [9.17, 15) is 8.42 Å². The molecule has 0 aliphatic carbocycles. The molecule has 0 saturated heterocycles. The summed E-state index contributed by atoms with van der Waals surface area (Å²) in [6, 6.07) is 7.04. The molecule has 2 aromatic heterocycles. The molecule has 0 aliphatic rings. The molecular formula is C22H27N5O6S2. The Morgan fingerprint density at radius 1 is 1.03 bits per heavy atom. The SMILES string of the molecule is CCCCS(=O)(=O)Nc1ncnc(OCCOc2ncc(SC)cn2)c1Oc1cccc(OC)c1. The second kappa shape index (κ2) is 13.0. The maximum absolute atomic E-state index is 12.5. The monoisotopic (exact) mass is 521 g/mol. The average Bonchev–Trinajstić information content (AvgIpc) is 2.87. The van der Waals surface area contributed by atoms with Crippen molar-refractivity contribution in [3.05, 3.63) is 43.0 Å². The molecule has 0 radical (unpaired) electrons. The van der Waals surface area contributed by atoms with Gasteiger partial charge in [0.1, 0.15) is 31.0 Å². The van der Waals surface area contributed by atoms with Crippen molar-refractivity contribution in [2.75, 3.05) is 37.1 Å². The lowest BCUT2D eigenvalue weighted by Crippen LogP contribution is -2.18. The summed E-state index contributed by atoms with van der Waals surface area (Å²) in [5.41, 5.74) is 0. The molecule has 3 rings (SSSR count). The lowest BCUT2D eigenvalue weighted by molar-refractivity contribution is 0.197. The molecule has 0 bridgehead atoms. The predicted molar refractivity (Wildman–Crippen MR) is 132 cm³/mol. The lowest BCUT2D eigenvalue weighted by Gasteiger charge is -2.16. The molecule has 0 fully saturated rings. The maximum atomic E-state index is 12.5. The van der Waals surface area contributed by atoms with Crippen LogP contribution in [0.5, 0.6) is 29.1 Å². The van der Waals surface area contributed by atoms with Crippen molar-refractivity contribution in [2.45, 2.75) is 24.7 Å². The van der Waals surface area contributed by atoms with E-state index in [1.807, 2.05) is 13.2 Å². The van der Waals surface area contributed by atoms with Gasteiger partial charge in [-0.05, 0) is 24.8 Å². The van der Waals surface area contributed by atoms with Crippen LogP contribution < -0.4 is 23.7 Å². The molecule has 1 aromatic carbocycles. The number of nitrogens with zero attached hydrogens (tertiary/aromatic N) is 4. The number of thioether (sulfide) groups is 1. The number of ether oxygens (including phenoxy) is 4. The van der Waals surface area contributed by atoms with Gasteiger partial charge in [0.05, 0.1) is 12.9 Å². The van der Waals surface area contributed by atoms with Crippen molar-refractivity contribution in [1.82, 2.24) is 19.9 Å². The molecule has 13 heteroatoms. The van der Waals surface area contributed by atoms with Crippen molar-refractivity contribution in [1.29, 1.82) is 0 Å². The normalized spacial score (nSPS) is 11.1. The topological polar surface area (TPSA) is 135 Å². The number of benzene rings is 1. The molecule has 188 valence electrons. The number of hydrogen-bond acceptors (Lipinski definition) is 11. The van der Waals surface area contributed by atoms with Gasteiger partial charge in [0.25, 0.3) is 5.88 Å². The van der Waals surface area contributed by atoms with Gasteiger partial charge >= 0.3 is 6.01 Å². The Morgan fingerprint density at radius 3 is 2.49 bits per heavy atom. The summed E-state index contributed by atoms with van der Waals surface area (Å²) < 4.78 is 49.9. The van der Waals surface area contributed by atoms with Gasteiger partial charge in [-0.2, -0.15) is 4.98 Å². The first-order valence-electron chi connectivity index (χ1n) is 10.7. The van der Waals surface area contributed by atoms with Gasteiger partial charge in [0.15, 0.2) is 5.82 Å². The van der Waals surface area contributed by atoms with Crippen molar-refractivity contribution in [2.24, 2.45) is 0 Å². The molecule has 0 unspecified atom stereocenters. The van der Waals surface area contributed by atoms with Gasteiger partial charge in [0, 0.05) is 23.4 Å². The van der Waals surface area contributed by atoms with Crippen LogP contribution >= 0.6 is 11.8 Å². The molecular weight excluding hydrogens is 494 g/mol. The Bertz CT molecular complexity index is 1200. The van der Waals surface area contributed by atoms with Crippen LogP contribution in [0.2, 0.25) is 0 Å². The van der Waals surface area contributed by atoms with Crippen LogP contribution in [-0.2, 0) is 10.0 Å². The van der Waals surface area contributed by atoms with E-state index >= 15 is 0 Å². The van der Waals surface area contributed by atoms with E-state index in [1.54, 1.807) is 36.7 Å². The molecule has 2 heterocycles. The number of anilines is 1. The minimum Gasteiger partial charge on any atom is -0.497 e. The van der Waals surface area contributed by atoms with Crippen LogP contribution in [-0.4, -0.2) is 60.7 Å². The van der Waals surface area contributed by atoms with Gasteiger partial charge in [-0.3, -0.25) is 4.72 Å². The van der Waals surface area contributed by atoms with E-state index in [1.165, 1.54) is 25.2 Å². The highest BCUT2D eigenvalue weighted by Gasteiger charge is 2.21. The van der Waals surface area contributed by atoms with E-state index in [0.29, 0.717) is 17.9 Å². The number of aromatic nitrogens is 4. The van der Waals surface area contributed by atoms with Crippen LogP contribution in [0.25, 0.3) is 0 Å². The second-order valence-corrected chi connectivity index (χ2v) is 9.74. The minimum absolute atomic E-state index is 0.0152. The zero-order valence-electron chi connectivity index (χ0n) is 19.6. The molecule has 0 aliphatic heterocycles. The molecule has 3 aromatic rings. The third-order valence-electron chi connectivity index (χ3n) is 4.44. The smallest absolute Gasteiger partial charge is 0.316 e. The summed E-state index contributed by atoms with van der Waals surface area (Å²) in [5.74, 6) is 0.917. The first kappa shape index (κ1) is 26.3. The first-order valence-corrected chi connectivity index (χ1v) is 13.6. The Kier molecular flexibility index (Phi) is 9.73. The number of unbranched alkanes of at least 4 members (excludes halogenated alkanes) is 1. The van der Waals surface area contributed by atoms with E-state index in [-0.39, 0.29) is 42.4 Å². The van der Waals surface area contributed by atoms with Gasteiger partial charge < -0.3 is 18.9 Å². The summed E-state index contributed by atoms with van der Waals surface area (Å²) in [5, 5.41) is 0. The third-order valence-corrected chi connectivity index (χ3v) is 6.46. The van der Waals surface area contributed by atoms with Crippen LogP contribution in [0.3, 0.4) is 0 Å². The Balaban J connectivity index is 1.77. The number of sulfonamides is 1. The summed E-state index contributed by atoms with van der Waals surface area (Å²) in [7, 11) is -2.12.